The normalized spacial score (nSPS) is 13.7. The molecule has 0 amide bonds. The maximum absolute atomic E-state index is 13.4. The highest BCUT2D eigenvalue weighted by atomic mass is 19.1. The van der Waals surface area contributed by atoms with Gasteiger partial charge in [0.05, 0.1) is 7.11 Å². The van der Waals surface area contributed by atoms with Crippen LogP contribution in [-0.2, 0) is 0 Å². The monoisotopic (exact) mass is 289 g/mol. The van der Waals surface area contributed by atoms with Gasteiger partial charge in [0.25, 0.3) is 0 Å². The van der Waals surface area contributed by atoms with Gasteiger partial charge < -0.3 is 15.2 Å². The van der Waals surface area contributed by atoms with Gasteiger partial charge in [-0.25, -0.2) is 4.39 Å². The molecule has 0 aromatic heterocycles. The molecular formula is C17H20FNO2. The Hall–Kier alpha value is -2.07. The number of aromatic hydroxyl groups is 1. The molecule has 0 spiro atoms. The Kier molecular flexibility index (Phi) is 4.81. The third kappa shape index (κ3) is 3.73. The Morgan fingerprint density at radius 1 is 1.10 bits per heavy atom. The summed E-state index contributed by atoms with van der Waals surface area (Å²) in [6, 6.07) is 11.5. The lowest BCUT2D eigenvalue weighted by molar-refractivity contribution is 0.394. The maximum Gasteiger partial charge on any atom is 0.123 e. The van der Waals surface area contributed by atoms with Gasteiger partial charge in [-0.2, -0.15) is 0 Å². The van der Waals surface area contributed by atoms with Gasteiger partial charge in [0.2, 0.25) is 0 Å². The van der Waals surface area contributed by atoms with Crippen LogP contribution in [-0.4, -0.2) is 12.2 Å². The zero-order valence-electron chi connectivity index (χ0n) is 12.4. The lowest BCUT2D eigenvalue weighted by Gasteiger charge is -2.22. The summed E-state index contributed by atoms with van der Waals surface area (Å²) in [6.07, 6.45) is 0. The van der Waals surface area contributed by atoms with Crippen molar-refractivity contribution in [3.63, 3.8) is 0 Å². The van der Waals surface area contributed by atoms with Crippen LogP contribution >= 0.6 is 0 Å². The fourth-order valence-corrected chi connectivity index (χ4v) is 2.40. The molecule has 0 saturated carbocycles. The minimum absolute atomic E-state index is 0.0140. The van der Waals surface area contributed by atoms with E-state index in [1.165, 1.54) is 12.1 Å². The van der Waals surface area contributed by atoms with Crippen LogP contribution in [0.1, 0.15) is 37.1 Å². The molecule has 0 fully saturated rings. The molecule has 21 heavy (non-hydrogen) atoms. The van der Waals surface area contributed by atoms with E-state index in [0.29, 0.717) is 5.75 Å². The molecule has 0 aliphatic carbocycles. The smallest absolute Gasteiger partial charge is 0.123 e. The van der Waals surface area contributed by atoms with Crippen molar-refractivity contribution < 1.29 is 14.2 Å². The van der Waals surface area contributed by atoms with Crippen molar-refractivity contribution in [1.82, 2.24) is 5.32 Å². The summed E-state index contributed by atoms with van der Waals surface area (Å²) in [5.74, 6) is 0.598. The van der Waals surface area contributed by atoms with E-state index in [0.717, 1.165) is 11.1 Å². The van der Waals surface area contributed by atoms with Crippen LogP contribution < -0.4 is 10.1 Å². The molecule has 2 aromatic carbocycles. The summed E-state index contributed by atoms with van der Waals surface area (Å²) in [5.41, 5.74) is 1.74. The van der Waals surface area contributed by atoms with Crippen molar-refractivity contribution in [2.45, 2.75) is 25.9 Å². The molecule has 0 saturated heterocycles. The SMILES string of the molecule is COc1ccc(F)cc1C(C)NC(C)c1cccc(O)c1. The quantitative estimate of drug-likeness (QED) is 0.875. The minimum Gasteiger partial charge on any atom is -0.508 e. The van der Waals surface area contributed by atoms with E-state index in [1.54, 1.807) is 31.4 Å². The van der Waals surface area contributed by atoms with E-state index in [1.807, 2.05) is 19.9 Å². The van der Waals surface area contributed by atoms with Crippen LogP contribution in [0.3, 0.4) is 0 Å². The molecule has 3 nitrogen and oxygen atoms in total. The maximum atomic E-state index is 13.4. The van der Waals surface area contributed by atoms with Crippen LogP contribution in [0.2, 0.25) is 0 Å². The largest absolute Gasteiger partial charge is 0.508 e. The number of ether oxygens (including phenoxy) is 1. The number of nitrogens with one attached hydrogen (secondary N) is 1. The highest BCUT2D eigenvalue weighted by Gasteiger charge is 2.16. The summed E-state index contributed by atoms with van der Waals surface area (Å²) >= 11 is 0. The first kappa shape index (κ1) is 15.3. The van der Waals surface area contributed by atoms with E-state index >= 15 is 0 Å². The van der Waals surface area contributed by atoms with Crippen LogP contribution in [0.15, 0.2) is 42.5 Å². The summed E-state index contributed by atoms with van der Waals surface area (Å²) in [7, 11) is 1.57. The fourth-order valence-electron chi connectivity index (χ4n) is 2.40. The third-order valence-electron chi connectivity index (χ3n) is 3.53. The Morgan fingerprint density at radius 2 is 1.86 bits per heavy atom. The molecule has 0 bridgehead atoms. The molecule has 0 radical (unpaired) electrons. The number of phenolic OH excluding ortho intramolecular Hbond substituents is 1. The Labute approximate surface area is 124 Å². The van der Waals surface area contributed by atoms with Gasteiger partial charge >= 0.3 is 0 Å². The summed E-state index contributed by atoms with van der Waals surface area (Å²) in [5, 5.41) is 12.9. The topological polar surface area (TPSA) is 41.5 Å². The second-order valence-corrected chi connectivity index (χ2v) is 5.09. The van der Waals surface area contributed by atoms with Crippen LogP contribution in [0.4, 0.5) is 4.39 Å². The van der Waals surface area contributed by atoms with Crippen molar-refractivity contribution in [2.75, 3.05) is 7.11 Å². The number of hydrogen-bond acceptors (Lipinski definition) is 3. The predicted octanol–water partition coefficient (Wildman–Crippen LogP) is 3.95. The molecule has 0 heterocycles. The Morgan fingerprint density at radius 3 is 2.52 bits per heavy atom. The Bertz CT molecular complexity index is 615. The molecule has 0 aliphatic rings. The van der Waals surface area contributed by atoms with Gasteiger partial charge in [0.1, 0.15) is 17.3 Å². The summed E-state index contributed by atoms with van der Waals surface area (Å²) in [4.78, 5) is 0. The highest BCUT2D eigenvalue weighted by Crippen LogP contribution is 2.28. The second-order valence-electron chi connectivity index (χ2n) is 5.09. The lowest BCUT2D eigenvalue weighted by Crippen LogP contribution is -2.23. The van der Waals surface area contributed by atoms with Crippen LogP contribution in [0.5, 0.6) is 11.5 Å². The molecule has 0 aliphatic heterocycles. The van der Waals surface area contributed by atoms with E-state index in [2.05, 4.69) is 5.32 Å². The molecule has 2 N–H and O–H groups in total. The standard InChI is InChI=1S/C17H20FNO2/c1-11(13-5-4-6-15(20)9-13)19-12(2)16-10-14(18)7-8-17(16)21-3/h4-12,19-20H,1-3H3. The molecular weight excluding hydrogens is 269 g/mol. The van der Waals surface area contributed by atoms with E-state index < -0.39 is 0 Å². The number of rotatable bonds is 5. The first-order chi connectivity index (χ1) is 10.0. The fraction of sp³-hybridized carbons (Fsp3) is 0.294. The lowest BCUT2D eigenvalue weighted by atomic mass is 10.0. The van der Waals surface area contributed by atoms with Gasteiger partial charge in [-0.05, 0) is 49.7 Å². The summed E-state index contributed by atoms with van der Waals surface area (Å²) < 4.78 is 18.7. The first-order valence-electron chi connectivity index (χ1n) is 6.89. The molecule has 2 unspecified atom stereocenters. The Balaban J connectivity index is 2.17. The zero-order chi connectivity index (χ0) is 15.4. The van der Waals surface area contributed by atoms with E-state index in [9.17, 15) is 9.50 Å². The third-order valence-corrected chi connectivity index (χ3v) is 3.53. The predicted molar refractivity (Wildman–Crippen MR) is 81.0 cm³/mol. The summed E-state index contributed by atoms with van der Waals surface area (Å²) in [6.45, 7) is 3.95. The van der Waals surface area contributed by atoms with Crippen molar-refractivity contribution in [3.8, 4) is 11.5 Å². The van der Waals surface area contributed by atoms with Crippen molar-refractivity contribution in [1.29, 1.82) is 0 Å². The average Bonchev–Trinajstić information content (AvgIpc) is 2.47. The average molecular weight is 289 g/mol. The molecule has 2 aromatic rings. The molecule has 2 rings (SSSR count). The van der Waals surface area contributed by atoms with Gasteiger partial charge in [-0.1, -0.05) is 12.1 Å². The minimum atomic E-state index is -0.288. The number of benzene rings is 2. The van der Waals surface area contributed by atoms with Gasteiger partial charge in [-0.3, -0.25) is 0 Å². The van der Waals surface area contributed by atoms with Crippen LogP contribution in [0, 0.1) is 5.82 Å². The highest BCUT2D eigenvalue weighted by molar-refractivity contribution is 5.36. The second kappa shape index (κ2) is 6.59. The number of phenols is 1. The van der Waals surface area contributed by atoms with Gasteiger partial charge in [-0.15, -0.1) is 0 Å². The van der Waals surface area contributed by atoms with Crippen molar-refractivity contribution in [3.05, 3.63) is 59.4 Å². The molecule has 112 valence electrons. The van der Waals surface area contributed by atoms with Crippen molar-refractivity contribution in [2.24, 2.45) is 0 Å². The van der Waals surface area contributed by atoms with Crippen LogP contribution in [0.25, 0.3) is 0 Å². The number of hydrogen-bond donors (Lipinski definition) is 2. The van der Waals surface area contributed by atoms with Gasteiger partial charge in [0, 0.05) is 17.6 Å². The van der Waals surface area contributed by atoms with Gasteiger partial charge in [0.15, 0.2) is 0 Å². The first-order valence-corrected chi connectivity index (χ1v) is 6.89. The van der Waals surface area contributed by atoms with E-state index in [-0.39, 0.29) is 23.7 Å². The van der Waals surface area contributed by atoms with E-state index in [4.69, 9.17) is 4.74 Å². The molecule has 2 atom stereocenters. The zero-order valence-corrected chi connectivity index (χ0v) is 12.4. The number of halogens is 1. The molecule has 4 heteroatoms. The van der Waals surface area contributed by atoms with Crippen molar-refractivity contribution >= 4 is 0 Å². The number of methoxy groups -OCH3 is 1.